The zero-order chi connectivity index (χ0) is 16.2. The highest BCUT2D eigenvalue weighted by Crippen LogP contribution is 2.22. The van der Waals surface area contributed by atoms with E-state index < -0.39 is 4.92 Å². The summed E-state index contributed by atoms with van der Waals surface area (Å²) in [6.07, 6.45) is 1.94. The normalized spacial score (nSPS) is 11.7. The highest BCUT2D eigenvalue weighted by molar-refractivity contribution is 5.93. The summed E-state index contributed by atoms with van der Waals surface area (Å²) in [6.45, 7) is 8.04. The van der Waals surface area contributed by atoms with Gasteiger partial charge in [0.05, 0.1) is 11.1 Å². The monoisotopic (exact) mass is 297 g/mol. The molecule has 0 spiro atoms. The Hall–Kier alpha value is -1.89. The van der Waals surface area contributed by atoms with E-state index in [4.69, 9.17) is 5.11 Å². The number of aliphatic hydroxyl groups excluding tert-OH is 1. The number of amides is 1. The second-order valence-electron chi connectivity index (χ2n) is 6.16. The number of rotatable bonds is 7. The SMILES string of the molecule is CC(C)n1cc([N+](=O)[O-])cc1C(=O)NCC(C)(C)CCO. The molecule has 0 aromatic carbocycles. The lowest BCUT2D eigenvalue weighted by atomic mass is 9.90. The second kappa shape index (κ2) is 6.71. The first-order chi connectivity index (χ1) is 9.68. The van der Waals surface area contributed by atoms with Gasteiger partial charge in [-0.3, -0.25) is 14.9 Å². The highest BCUT2D eigenvalue weighted by atomic mass is 16.6. The fourth-order valence-corrected chi connectivity index (χ4v) is 1.97. The molecule has 1 rings (SSSR count). The van der Waals surface area contributed by atoms with E-state index in [2.05, 4.69) is 5.32 Å². The Bertz CT molecular complexity index is 520. The quantitative estimate of drug-likeness (QED) is 0.595. The van der Waals surface area contributed by atoms with Crippen LogP contribution in [0.3, 0.4) is 0 Å². The van der Waals surface area contributed by atoms with Gasteiger partial charge in [0.1, 0.15) is 5.69 Å². The van der Waals surface area contributed by atoms with E-state index in [1.54, 1.807) is 4.57 Å². The van der Waals surface area contributed by atoms with Gasteiger partial charge in [-0.15, -0.1) is 0 Å². The number of aromatic nitrogens is 1. The van der Waals surface area contributed by atoms with Crippen molar-refractivity contribution >= 4 is 11.6 Å². The van der Waals surface area contributed by atoms with Crippen molar-refractivity contribution in [3.63, 3.8) is 0 Å². The van der Waals surface area contributed by atoms with Gasteiger partial charge < -0.3 is 15.0 Å². The lowest BCUT2D eigenvalue weighted by Crippen LogP contribution is -2.35. The van der Waals surface area contributed by atoms with Crippen LogP contribution in [-0.2, 0) is 0 Å². The molecule has 0 radical (unpaired) electrons. The molecule has 1 heterocycles. The summed E-state index contributed by atoms with van der Waals surface area (Å²) in [5.41, 5.74) is -0.0500. The number of hydrogen-bond acceptors (Lipinski definition) is 4. The van der Waals surface area contributed by atoms with Crippen molar-refractivity contribution in [3.05, 3.63) is 28.1 Å². The van der Waals surface area contributed by atoms with E-state index in [1.165, 1.54) is 12.3 Å². The van der Waals surface area contributed by atoms with Gasteiger partial charge in [0.2, 0.25) is 0 Å². The molecule has 21 heavy (non-hydrogen) atoms. The van der Waals surface area contributed by atoms with Crippen molar-refractivity contribution in [2.24, 2.45) is 5.41 Å². The van der Waals surface area contributed by atoms with E-state index in [9.17, 15) is 14.9 Å². The Morgan fingerprint density at radius 2 is 2.14 bits per heavy atom. The third-order valence-electron chi connectivity index (χ3n) is 3.35. The molecular formula is C14H23N3O4. The molecule has 0 aliphatic carbocycles. The van der Waals surface area contributed by atoms with Crippen molar-refractivity contribution in [3.8, 4) is 0 Å². The van der Waals surface area contributed by atoms with Crippen LogP contribution in [0.1, 0.15) is 50.6 Å². The molecule has 2 N–H and O–H groups in total. The predicted molar refractivity (Wildman–Crippen MR) is 79.3 cm³/mol. The molecule has 0 fully saturated rings. The molecule has 0 aliphatic rings. The maximum atomic E-state index is 12.2. The van der Waals surface area contributed by atoms with Crippen molar-refractivity contribution in [2.45, 2.75) is 40.2 Å². The molecule has 0 aliphatic heterocycles. The molecule has 118 valence electrons. The molecule has 0 atom stereocenters. The van der Waals surface area contributed by atoms with E-state index in [0.717, 1.165) is 0 Å². The van der Waals surface area contributed by atoms with Crippen LogP contribution >= 0.6 is 0 Å². The van der Waals surface area contributed by atoms with Gasteiger partial charge in [-0.1, -0.05) is 13.8 Å². The average molecular weight is 297 g/mol. The molecule has 1 aromatic rings. The Labute approximate surface area is 124 Å². The molecule has 7 heteroatoms. The van der Waals surface area contributed by atoms with Crippen LogP contribution in [0, 0.1) is 15.5 Å². The fraction of sp³-hybridized carbons (Fsp3) is 0.643. The maximum absolute atomic E-state index is 12.2. The number of hydrogen-bond donors (Lipinski definition) is 2. The lowest BCUT2D eigenvalue weighted by molar-refractivity contribution is -0.384. The van der Waals surface area contributed by atoms with Crippen LogP contribution in [0.15, 0.2) is 12.3 Å². The highest BCUT2D eigenvalue weighted by Gasteiger charge is 2.23. The van der Waals surface area contributed by atoms with Gasteiger partial charge in [0.25, 0.3) is 11.6 Å². The third kappa shape index (κ3) is 4.56. The average Bonchev–Trinajstić information content (AvgIpc) is 2.81. The Balaban J connectivity index is 2.89. The minimum Gasteiger partial charge on any atom is -0.396 e. The number of aliphatic hydroxyl groups is 1. The molecule has 1 amide bonds. The Morgan fingerprint density at radius 1 is 1.52 bits per heavy atom. The van der Waals surface area contributed by atoms with Crippen molar-refractivity contribution in [1.29, 1.82) is 0 Å². The Morgan fingerprint density at radius 3 is 2.62 bits per heavy atom. The molecule has 7 nitrogen and oxygen atoms in total. The summed E-state index contributed by atoms with van der Waals surface area (Å²) in [7, 11) is 0. The fourth-order valence-electron chi connectivity index (χ4n) is 1.97. The zero-order valence-electron chi connectivity index (χ0n) is 12.9. The van der Waals surface area contributed by atoms with Gasteiger partial charge in [-0.2, -0.15) is 0 Å². The molecule has 0 saturated carbocycles. The van der Waals surface area contributed by atoms with E-state index >= 15 is 0 Å². The largest absolute Gasteiger partial charge is 0.396 e. The minimum absolute atomic E-state index is 0.0510. The maximum Gasteiger partial charge on any atom is 0.287 e. The van der Waals surface area contributed by atoms with Crippen LogP contribution < -0.4 is 5.32 Å². The van der Waals surface area contributed by atoms with Crippen LogP contribution in [0.5, 0.6) is 0 Å². The van der Waals surface area contributed by atoms with Crippen LogP contribution in [0.25, 0.3) is 0 Å². The standard InChI is InChI=1S/C14H23N3O4/c1-10(2)16-8-11(17(20)21)7-12(16)13(19)15-9-14(3,4)5-6-18/h7-8,10,18H,5-6,9H2,1-4H3,(H,15,19). The van der Waals surface area contributed by atoms with Gasteiger partial charge in [0.15, 0.2) is 0 Å². The molecular weight excluding hydrogens is 274 g/mol. The number of nitrogens with zero attached hydrogens (tertiary/aromatic N) is 2. The first-order valence-electron chi connectivity index (χ1n) is 6.93. The van der Waals surface area contributed by atoms with Gasteiger partial charge in [-0.25, -0.2) is 0 Å². The van der Waals surface area contributed by atoms with E-state index in [0.29, 0.717) is 13.0 Å². The second-order valence-corrected chi connectivity index (χ2v) is 6.16. The summed E-state index contributed by atoms with van der Waals surface area (Å²) in [5, 5.41) is 22.6. The van der Waals surface area contributed by atoms with Crippen molar-refractivity contribution in [2.75, 3.05) is 13.2 Å². The van der Waals surface area contributed by atoms with E-state index in [-0.39, 0.29) is 35.4 Å². The van der Waals surface area contributed by atoms with Crippen molar-refractivity contribution in [1.82, 2.24) is 9.88 Å². The van der Waals surface area contributed by atoms with Crippen molar-refractivity contribution < 1.29 is 14.8 Å². The number of carbonyl (C=O) groups is 1. The zero-order valence-corrected chi connectivity index (χ0v) is 12.9. The first kappa shape index (κ1) is 17.2. The summed E-state index contributed by atoms with van der Waals surface area (Å²) in [4.78, 5) is 22.6. The third-order valence-corrected chi connectivity index (χ3v) is 3.35. The topological polar surface area (TPSA) is 97.4 Å². The lowest BCUT2D eigenvalue weighted by Gasteiger charge is -2.24. The summed E-state index contributed by atoms with van der Waals surface area (Å²) in [6, 6.07) is 1.24. The molecule has 0 bridgehead atoms. The summed E-state index contributed by atoms with van der Waals surface area (Å²) in [5.74, 6) is -0.345. The van der Waals surface area contributed by atoms with Crippen LogP contribution in [0.2, 0.25) is 0 Å². The molecule has 0 unspecified atom stereocenters. The molecule has 1 aromatic heterocycles. The van der Waals surface area contributed by atoms with Crippen LogP contribution in [-0.4, -0.2) is 33.7 Å². The van der Waals surface area contributed by atoms with Crippen LogP contribution in [0.4, 0.5) is 5.69 Å². The predicted octanol–water partition coefficient (Wildman–Crippen LogP) is 2.12. The van der Waals surface area contributed by atoms with Gasteiger partial charge in [0, 0.05) is 25.3 Å². The van der Waals surface area contributed by atoms with E-state index in [1.807, 2.05) is 27.7 Å². The first-order valence-corrected chi connectivity index (χ1v) is 6.93. The van der Waals surface area contributed by atoms with Gasteiger partial charge in [-0.05, 0) is 25.7 Å². The number of carbonyl (C=O) groups excluding carboxylic acids is 1. The van der Waals surface area contributed by atoms with Gasteiger partial charge >= 0.3 is 0 Å². The summed E-state index contributed by atoms with van der Waals surface area (Å²) >= 11 is 0. The Kier molecular flexibility index (Phi) is 5.48. The number of nitro groups is 1. The summed E-state index contributed by atoms with van der Waals surface area (Å²) < 4.78 is 1.59. The minimum atomic E-state index is -0.509. The number of nitrogens with one attached hydrogen (secondary N) is 1. The smallest absolute Gasteiger partial charge is 0.287 e. The molecule has 0 saturated heterocycles.